The van der Waals surface area contributed by atoms with E-state index in [1.165, 1.54) is 31.4 Å². The van der Waals surface area contributed by atoms with Crippen LogP contribution in [0.4, 0.5) is 13.2 Å². The zero-order valence-electron chi connectivity index (χ0n) is 11.4. The number of rotatable bonds is 5. The standard InChI is InChI=1S/C15H20F3NO/c16-15(17,18)13-8-4-5-9-14(13)20-11-10-19-12-6-2-1-3-7-12/h4-5,8-9,12,19H,1-3,6-7,10-11H2. The number of ether oxygens (including phenoxy) is 1. The summed E-state index contributed by atoms with van der Waals surface area (Å²) in [5.41, 5.74) is -0.710. The first-order valence-corrected chi connectivity index (χ1v) is 7.10. The van der Waals surface area contributed by atoms with E-state index in [9.17, 15) is 13.2 Å². The quantitative estimate of drug-likeness (QED) is 0.826. The molecule has 0 unspecified atom stereocenters. The Kier molecular flexibility index (Phi) is 5.29. The van der Waals surface area contributed by atoms with Crippen LogP contribution in [0, 0.1) is 0 Å². The third-order valence-electron chi connectivity index (χ3n) is 3.59. The van der Waals surface area contributed by atoms with Crippen molar-refractivity contribution in [1.29, 1.82) is 0 Å². The Bertz CT molecular complexity index is 414. The molecule has 112 valence electrons. The van der Waals surface area contributed by atoms with Gasteiger partial charge in [0.05, 0.1) is 5.56 Å². The molecule has 1 saturated carbocycles. The molecule has 0 bridgehead atoms. The summed E-state index contributed by atoms with van der Waals surface area (Å²) in [7, 11) is 0. The second-order valence-corrected chi connectivity index (χ2v) is 5.13. The number of halogens is 3. The average molecular weight is 287 g/mol. The minimum absolute atomic E-state index is 0.0922. The number of nitrogens with one attached hydrogen (secondary N) is 1. The van der Waals surface area contributed by atoms with Gasteiger partial charge in [-0.1, -0.05) is 31.4 Å². The molecule has 20 heavy (non-hydrogen) atoms. The van der Waals surface area contributed by atoms with Gasteiger partial charge in [0.15, 0.2) is 0 Å². The summed E-state index contributed by atoms with van der Waals surface area (Å²) in [5.74, 6) is -0.0922. The molecule has 0 amide bonds. The zero-order chi connectivity index (χ0) is 14.4. The molecule has 1 aliphatic rings. The highest BCUT2D eigenvalue weighted by atomic mass is 19.4. The van der Waals surface area contributed by atoms with Crippen molar-refractivity contribution in [1.82, 2.24) is 5.32 Å². The van der Waals surface area contributed by atoms with Crippen LogP contribution in [-0.2, 0) is 6.18 Å². The predicted octanol–water partition coefficient (Wildman–Crippen LogP) is 4.01. The number of benzene rings is 1. The average Bonchev–Trinajstić information content (AvgIpc) is 2.44. The van der Waals surface area contributed by atoms with E-state index >= 15 is 0 Å². The molecule has 1 aliphatic carbocycles. The second kappa shape index (κ2) is 6.97. The minimum atomic E-state index is -4.37. The fourth-order valence-corrected chi connectivity index (χ4v) is 2.56. The second-order valence-electron chi connectivity index (χ2n) is 5.13. The van der Waals surface area contributed by atoms with Gasteiger partial charge in [-0.25, -0.2) is 0 Å². The van der Waals surface area contributed by atoms with Gasteiger partial charge in [0.25, 0.3) is 0 Å². The van der Waals surface area contributed by atoms with E-state index < -0.39 is 11.7 Å². The summed E-state index contributed by atoms with van der Waals surface area (Å²) in [6.07, 6.45) is 1.68. The monoisotopic (exact) mass is 287 g/mol. The van der Waals surface area contributed by atoms with Gasteiger partial charge in [-0.05, 0) is 25.0 Å². The molecule has 2 rings (SSSR count). The molecule has 1 aromatic carbocycles. The van der Waals surface area contributed by atoms with Gasteiger partial charge in [-0.3, -0.25) is 0 Å². The van der Waals surface area contributed by atoms with Crippen LogP contribution in [0.25, 0.3) is 0 Å². The molecule has 1 N–H and O–H groups in total. The summed E-state index contributed by atoms with van der Waals surface area (Å²) >= 11 is 0. The maximum absolute atomic E-state index is 12.8. The molecule has 5 heteroatoms. The summed E-state index contributed by atoms with van der Waals surface area (Å²) in [6.45, 7) is 0.834. The van der Waals surface area contributed by atoms with Crippen molar-refractivity contribution < 1.29 is 17.9 Å². The zero-order valence-corrected chi connectivity index (χ0v) is 11.4. The highest BCUT2D eigenvalue weighted by Gasteiger charge is 2.33. The highest BCUT2D eigenvalue weighted by Crippen LogP contribution is 2.35. The van der Waals surface area contributed by atoms with E-state index in [0.29, 0.717) is 12.6 Å². The molecule has 0 radical (unpaired) electrons. The van der Waals surface area contributed by atoms with E-state index in [0.717, 1.165) is 18.9 Å². The summed E-state index contributed by atoms with van der Waals surface area (Å²) in [5, 5.41) is 3.34. The van der Waals surface area contributed by atoms with Crippen molar-refractivity contribution in [3.8, 4) is 5.75 Å². The van der Waals surface area contributed by atoms with Gasteiger partial charge in [-0.15, -0.1) is 0 Å². The Labute approximate surface area is 117 Å². The lowest BCUT2D eigenvalue weighted by atomic mass is 9.96. The van der Waals surface area contributed by atoms with Gasteiger partial charge in [0.2, 0.25) is 0 Å². The fraction of sp³-hybridized carbons (Fsp3) is 0.600. The number of hydrogen-bond donors (Lipinski definition) is 1. The molecule has 2 nitrogen and oxygen atoms in total. The molecule has 0 spiro atoms. The van der Waals surface area contributed by atoms with Crippen molar-refractivity contribution in [2.45, 2.75) is 44.3 Å². The molecule has 0 saturated heterocycles. The Morgan fingerprint density at radius 1 is 1.10 bits per heavy atom. The smallest absolute Gasteiger partial charge is 0.419 e. The Hall–Kier alpha value is -1.23. The maximum Gasteiger partial charge on any atom is 0.419 e. The molecular formula is C15H20F3NO. The largest absolute Gasteiger partial charge is 0.492 e. The lowest BCUT2D eigenvalue weighted by molar-refractivity contribution is -0.138. The number of hydrogen-bond acceptors (Lipinski definition) is 2. The van der Waals surface area contributed by atoms with Crippen molar-refractivity contribution in [3.63, 3.8) is 0 Å². The summed E-state index contributed by atoms with van der Waals surface area (Å²) < 4.78 is 43.5. The lowest BCUT2D eigenvalue weighted by Crippen LogP contribution is -2.34. The van der Waals surface area contributed by atoms with Gasteiger partial charge in [0.1, 0.15) is 12.4 Å². The first-order chi connectivity index (χ1) is 9.57. The Morgan fingerprint density at radius 3 is 2.50 bits per heavy atom. The van der Waals surface area contributed by atoms with Crippen LogP contribution in [0.15, 0.2) is 24.3 Å². The summed E-state index contributed by atoms with van der Waals surface area (Å²) in [4.78, 5) is 0. The van der Waals surface area contributed by atoms with Crippen molar-refractivity contribution in [2.75, 3.05) is 13.2 Å². The van der Waals surface area contributed by atoms with E-state index in [2.05, 4.69) is 5.32 Å². The van der Waals surface area contributed by atoms with Gasteiger partial charge < -0.3 is 10.1 Å². The van der Waals surface area contributed by atoms with Crippen molar-refractivity contribution >= 4 is 0 Å². The lowest BCUT2D eigenvalue weighted by Gasteiger charge is -2.23. The number of para-hydroxylation sites is 1. The van der Waals surface area contributed by atoms with Gasteiger partial charge >= 0.3 is 6.18 Å². The number of alkyl halides is 3. The third kappa shape index (κ3) is 4.40. The molecule has 0 heterocycles. The Balaban J connectivity index is 1.79. The van der Waals surface area contributed by atoms with Crippen LogP contribution in [0.3, 0.4) is 0 Å². The van der Waals surface area contributed by atoms with Crippen LogP contribution in [0.1, 0.15) is 37.7 Å². The van der Waals surface area contributed by atoms with E-state index in [1.54, 1.807) is 6.07 Å². The summed E-state index contributed by atoms with van der Waals surface area (Å²) in [6, 6.07) is 5.83. The molecule has 0 atom stereocenters. The predicted molar refractivity (Wildman–Crippen MR) is 71.8 cm³/mol. The maximum atomic E-state index is 12.8. The SMILES string of the molecule is FC(F)(F)c1ccccc1OCCNC1CCCCC1. The molecule has 1 aromatic rings. The first kappa shape index (κ1) is 15.2. The van der Waals surface area contributed by atoms with Crippen molar-refractivity contribution in [3.05, 3.63) is 29.8 Å². The third-order valence-corrected chi connectivity index (χ3v) is 3.59. The minimum Gasteiger partial charge on any atom is -0.492 e. The van der Waals surface area contributed by atoms with Gasteiger partial charge in [0, 0.05) is 12.6 Å². The van der Waals surface area contributed by atoms with Crippen LogP contribution in [0.2, 0.25) is 0 Å². The highest BCUT2D eigenvalue weighted by molar-refractivity contribution is 5.35. The Morgan fingerprint density at radius 2 is 1.80 bits per heavy atom. The molecule has 1 fully saturated rings. The topological polar surface area (TPSA) is 21.3 Å². The van der Waals surface area contributed by atoms with E-state index in [1.807, 2.05) is 0 Å². The molecule has 0 aliphatic heterocycles. The van der Waals surface area contributed by atoms with Crippen LogP contribution >= 0.6 is 0 Å². The van der Waals surface area contributed by atoms with Crippen LogP contribution in [0.5, 0.6) is 5.75 Å². The van der Waals surface area contributed by atoms with Crippen molar-refractivity contribution in [2.24, 2.45) is 0 Å². The van der Waals surface area contributed by atoms with E-state index in [4.69, 9.17) is 4.74 Å². The molecule has 0 aromatic heterocycles. The molecular weight excluding hydrogens is 267 g/mol. The van der Waals surface area contributed by atoms with E-state index in [-0.39, 0.29) is 12.4 Å². The normalized spacial score (nSPS) is 17.1. The van der Waals surface area contributed by atoms with Gasteiger partial charge in [-0.2, -0.15) is 13.2 Å². The fourth-order valence-electron chi connectivity index (χ4n) is 2.56. The van der Waals surface area contributed by atoms with Crippen LogP contribution in [-0.4, -0.2) is 19.2 Å². The first-order valence-electron chi connectivity index (χ1n) is 7.10. The van der Waals surface area contributed by atoms with Crippen LogP contribution < -0.4 is 10.1 Å².